The molecule has 2 aromatic carbocycles. The fourth-order valence-electron chi connectivity index (χ4n) is 3.15. The van der Waals surface area contributed by atoms with Crippen LogP contribution in [0.2, 0.25) is 0 Å². The van der Waals surface area contributed by atoms with Gasteiger partial charge in [-0.05, 0) is 37.1 Å². The summed E-state index contributed by atoms with van der Waals surface area (Å²) in [4.78, 5) is 0. The number of ether oxygens (including phenoxy) is 1. The van der Waals surface area contributed by atoms with Crippen LogP contribution in [0, 0.1) is 22.7 Å². The largest absolute Gasteiger partial charge is 0.489 e. The van der Waals surface area contributed by atoms with Crippen molar-refractivity contribution in [2.75, 3.05) is 0 Å². The SMILES string of the molecule is CC1=C(C#N)C(c2cccc(OCc3ccccc3)c2)C(C#N)=C(C)N1. The lowest BCUT2D eigenvalue weighted by Crippen LogP contribution is -2.23. The molecule has 0 amide bonds. The Morgan fingerprint density at radius 3 is 2.19 bits per heavy atom. The lowest BCUT2D eigenvalue weighted by molar-refractivity contribution is 0.306. The normalized spacial score (nSPS) is 14.5. The van der Waals surface area contributed by atoms with Gasteiger partial charge in [0.15, 0.2) is 0 Å². The van der Waals surface area contributed by atoms with Crippen molar-refractivity contribution in [3.63, 3.8) is 0 Å². The molecule has 1 aliphatic heterocycles. The third-order valence-electron chi connectivity index (χ3n) is 4.44. The summed E-state index contributed by atoms with van der Waals surface area (Å²) in [7, 11) is 0. The van der Waals surface area contributed by atoms with Crippen molar-refractivity contribution < 1.29 is 4.74 Å². The van der Waals surface area contributed by atoms with Crippen LogP contribution in [-0.2, 0) is 6.61 Å². The Balaban J connectivity index is 1.92. The molecule has 0 radical (unpaired) electrons. The molecule has 0 saturated carbocycles. The molecule has 4 heteroatoms. The van der Waals surface area contributed by atoms with E-state index in [-0.39, 0.29) is 5.92 Å². The second kappa shape index (κ2) is 7.59. The summed E-state index contributed by atoms with van der Waals surface area (Å²) in [5.41, 5.74) is 4.65. The number of dihydropyridines is 1. The van der Waals surface area contributed by atoms with E-state index in [0.717, 1.165) is 28.3 Å². The monoisotopic (exact) mass is 341 g/mol. The summed E-state index contributed by atoms with van der Waals surface area (Å²) < 4.78 is 5.90. The predicted octanol–water partition coefficient (Wildman–Crippen LogP) is 4.55. The van der Waals surface area contributed by atoms with Crippen LogP contribution in [0.3, 0.4) is 0 Å². The van der Waals surface area contributed by atoms with Gasteiger partial charge in [0.1, 0.15) is 12.4 Å². The van der Waals surface area contributed by atoms with E-state index in [1.165, 1.54) is 0 Å². The molecule has 1 N–H and O–H groups in total. The van der Waals surface area contributed by atoms with Crippen LogP contribution in [0.5, 0.6) is 5.75 Å². The molecule has 4 nitrogen and oxygen atoms in total. The van der Waals surface area contributed by atoms with Gasteiger partial charge in [-0.15, -0.1) is 0 Å². The van der Waals surface area contributed by atoms with Gasteiger partial charge in [-0.1, -0.05) is 42.5 Å². The zero-order valence-corrected chi connectivity index (χ0v) is 14.8. The van der Waals surface area contributed by atoms with E-state index in [0.29, 0.717) is 17.8 Å². The van der Waals surface area contributed by atoms with Crippen molar-refractivity contribution in [3.8, 4) is 17.9 Å². The van der Waals surface area contributed by atoms with Crippen LogP contribution in [0.4, 0.5) is 0 Å². The molecular weight excluding hydrogens is 322 g/mol. The average molecular weight is 341 g/mol. The summed E-state index contributed by atoms with van der Waals surface area (Å²) in [5, 5.41) is 22.3. The number of hydrogen-bond acceptors (Lipinski definition) is 4. The van der Waals surface area contributed by atoms with Gasteiger partial charge < -0.3 is 10.1 Å². The molecule has 0 bridgehead atoms. The first-order valence-electron chi connectivity index (χ1n) is 8.39. The first kappa shape index (κ1) is 17.3. The zero-order valence-electron chi connectivity index (χ0n) is 14.8. The highest BCUT2D eigenvalue weighted by molar-refractivity contribution is 5.55. The Morgan fingerprint density at radius 1 is 0.923 bits per heavy atom. The van der Waals surface area contributed by atoms with Gasteiger partial charge in [-0.3, -0.25) is 0 Å². The third-order valence-corrected chi connectivity index (χ3v) is 4.44. The minimum Gasteiger partial charge on any atom is -0.489 e. The molecule has 1 heterocycles. The number of nitriles is 2. The van der Waals surface area contributed by atoms with Gasteiger partial charge >= 0.3 is 0 Å². The highest BCUT2D eigenvalue weighted by Gasteiger charge is 2.29. The Hall–Kier alpha value is -3.50. The summed E-state index contributed by atoms with van der Waals surface area (Å²) >= 11 is 0. The zero-order chi connectivity index (χ0) is 18.5. The van der Waals surface area contributed by atoms with E-state index in [4.69, 9.17) is 4.74 Å². The van der Waals surface area contributed by atoms with E-state index in [1.54, 1.807) is 0 Å². The first-order chi connectivity index (χ1) is 12.6. The second-order valence-corrected chi connectivity index (χ2v) is 6.21. The third kappa shape index (κ3) is 3.45. The van der Waals surface area contributed by atoms with Crippen LogP contribution in [0.15, 0.2) is 77.1 Å². The lowest BCUT2D eigenvalue weighted by atomic mass is 9.81. The molecule has 26 heavy (non-hydrogen) atoms. The minimum atomic E-state index is -0.369. The van der Waals surface area contributed by atoms with Crippen LogP contribution < -0.4 is 10.1 Å². The first-order valence-corrected chi connectivity index (χ1v) is 8.39. The number of nitrogens with zero attached hydrogens (tertiary/aromatic N) is 2. The summed E-state index contributed by atoms with van der Waals surface area (Å²) in [6.07, 6.45) is 0. The number of allylic oxidation sites excluding steroid dienone is 4. The number of rotatable bonds is 4. The van der Waals surface area contributed by atoms with Crippen molar-refractivity contribution in [2.24, 2.45) is 0 Å². The van der Waals surface area contributed by atoms with Crippen LogP contribution in [-0.4, -0.2) is 0 Å². The molecule has 0 spiro atoms. The van der Waals surface area contributed by atoms with E-state index >= 15 is 0 Å². The molecule has 0 atom stereocenters. The molecule has 0 aromatic heterocycles. The molecule has 0 saturated heterocycles. The summed E-state index contributed by atoms with van der Waals surface area (Å²) in [6.45, 7) is 4.19. The molecule has 3 rings (SSSR count). The van der Waals surface area contributed by atoms with Crippen molar-refractivity contribution >= 4 is 0 Å². The van der Waals surface area contributed by atoms with Crippen molar-refractivity contribution in [2.45, 2.75) is 26.4 Å². The summed E-state index contributed by atoms with van der Waals surface area (Å²) in [5.74, 6) is 0.348. The van der Waals surface area contributed by atoms with E-state index in [1.807, 2.05) is 68.4 Å². The number of benzene rings is 2. The Bertz CT molecular complexity index is 923. The molecule has 128 valence electrons. The average Bonchev–Trinajstić information content (AvgIpc) is 2.67. The topological polar surface area (TPSA) is 68.8 Å². The van der Waals surface area contributed by atoms with Crippen molar-refractivity contribution in [1.82, 2.24) is 5.32 Å². The quantitative estimate of drug-likeness (QED) is 0.886. The van der Waals surface area contributed by atoms with E-state index in [2.05, 4.69) is 17.5 Å². The maximum atomic E-state index is 9.60. The van der Waals surface area contributed by atoms with Gasteiger partial charge in [-0.2, -0.15) is 10.5 Å². The van der Waals surface area contributed by atoms with Gasteiger partial charge in [0, 0.05) is 11.4 Å². The maximum absolute atomic E-state index is 9.60. The Labute approximate surface area is 153 Å². The predicted molar refractivity (Wildman–Crippen MR) is 99.7 cm³/mol. The smallest absolute Gasteiger partial charge is 0.120 e. The summed E-state index contributed by atoms with van der Waals surface area (Å²) in [6, 6.07) is 22.1. The molecule has 0 aliphatic carbocycles. The van der Waals surface area contributed by atoms with Crippen LogP contribution in [0.1, 0.15) is 30.9 Å². The second-order valence-electron chi connectivity index (χ2n) is 6.21. The molecule has 0 fully saturated rings. The molecule has 2 aromatic rings. The highest BCUT2D eigenvalue weighted by atomic mass is 16.5. The maximum Gasteiger partial charge on any atom is 0.120 e. The van der Waals surface area contributed by atoms with Gasteiger partial charge in [0.2, 0.25) is 0 Å². The van der Waals surface area contributed by atoms with Gasteiger partial charge in [-0.25, -0.2) is 0 Å². The van der Waals surface area contributed by atoms with E-state index < -0.39 is 0 Å². The van der Waals surface area contributed by atoms with Gasteiger partial charge in [0.25, 0.3) is 0 Å². The van der Waals surface area contributed by atoms with Crippen LogP contribution in [0.25, 0.3) is 0 Å². The van der Waals surface area contributed by atoms with Crippen molar-refractivity contribution in [1.29, 1.82) is 10.5 Å². The number of nitrogens with one attached hydrogen (secondary N) is 1. The number of hydrogen-bond donors (Lipinski definition) is 1. The standard InChI is InChI=1S/C22H19N3O/c1-15-20(12-23)22(21(13-24)16(2)25-15)18-9-6-10-19(11-18)26-14-17-7-4-3-5-8-17/h3-11,22,25H,14H2,1-2H3. The highest BCUT2D eigenvalue weighted by Crippen LogP contribution is 2.38. The van der Waals surface area contributed by atoms with Gasteiger partial charge in [0.05, 0.1) is 29.2 Å². The minimum absolute atomic E-state index is 0.369. The van der Waals surface area contributed by atoms with E-state index in [9.17, 15) is 10.5 Å². The molecule has 1 aliphatic rings. The Kier molecular flexibility index (Phi) is 5.06. The Morgan fingerprint density at radius 2 is 1.58 bits per heavy atom. The van der Waals surface area contributed by atoms with Crippen LogP contribution >= 0.6 is 0 Å². The molecular formula is C22H19N3O. The fourth-order valence-corrected chi connectivity index (χ4v) is 3.15. The fraction of sp³-hybridized carbons (Fsp3) is 0.182. The lowest BCUT2D eigenvalue weighted by Gasteiger charge is -2.26. The molecule has 0 unspecified atom stereocenters. The van der Waals surface area contributed by atoms with Crippen molar-refractivity contribution in [3.05, 3.63) is 88.3 Å².